The monoisotopic (exact) mass is 357 g/mol. The van der Waals surface area contributed by atoms with E-state index in [9.17, 15) is 0 Å². The van der Waals surface area contributed by atoms with Crippen molar-refractivity contribution in [3.05, 3.63) is 51.6 Å². The van der Waals surface area contributed by atoms with Gasteiger partial charge in [0.25, 0.3) is 0 Å². The zero-order chi connectivity index (χ0) is 16.7. The quantitative estimate of drug-likeness (QED) is 0.597. The predicted molar refractivity (Wildman–Crippen MR) is 102 cm³/mol. The second-order valence-electron chi connectivity index (χ2n) is 6.56. The largest absolute Gasteiger partial charge is 0.349 e. The SMILES string of the molecule is CC(C)N(Cc1ccccc1)c1nc(Cl)nc2sc3c(c12)CCC3. The van der Waals surface area contributed by atoms with E-state index in [1.807, 2.05) is 0 Å². The molecule has 0 radical (unpaired) electrons. The molecular weight excluding hydrogens is 338 g/mol. The van der Waals surface area contributed by atoms with Crippen molar-refractivity contribution in [2.24, 2.45) is 0 Å². The number of fused-ring (bicyclic) bond motifs is 3. The first-order valence-corrected chi connectivity index (χ1v) is 9.61. The minimum atomic E-state index is 0.330. The molecule has 3 aromatic rings. The number of anilines is 1. The van der Waals surface area contributed by atoms with Crippen molar-refractivity contribution in [1.82, 2.24) is 9.97 Å². The van der Waals surface area contributed by atoms with Crippen LogP contribution in [0.25, 0.3) is 10.2 Å². The maximum atomic E-state index is 6.26. The number of thiophene rings is 1. The zero-order valence-electron chi connectivity index (χ0n) is 13.9. The molecule has 2 heterocycles. The van der Waals surface area contributed by atoms with E-state index in [4.69, 9.17) is 11.6 Å². The Labute approximate surface area is 151 Å². The summed E-state index contributed by atoms with van der Waals surface area (Å²) in [6.07, 6.45) is 3.53. The van der Waals surface area contributed by atoms with Gasteiger partial charge in [0.1, 0.15) is 10.6 Å². The average Bonchev–Trinajstić information content (AvgIpc) is 3.13. The molecule has 1 aromatic carbocycles. The van der Waals surface area contributed by atoms with Crippen LogP contribution in [0.3, 0.4) is 0 Å². The zero-order valence-corrected chi connectivity index (χ0v) is 15.5. The fraction of sp³-hybridized carbons (Fsp3) is 0.368. The van der Waals surface area contributed by atoms with Crippen LogP contribution < -0.4 is 4.90 Å². The van der Waals surface area contributed by atoms with Crippen LogP contribution in [0.1, 0.15) is 36.3 Å². The van der Waals surface area contributed by atoms with Crippen LogP contribution in [-0.4, -0.2) is 16.0 Å². The molecule has 5 heteroatoms. The second kappa shape index (κ2) is 6.34. The number of benzene rings is 1. The molecule has 0 spiro atoms. The summed E-state index contributed by atoms with van der Waals surface area (Å²) in [5.41, 5.74) is 2.72. The molecule has 0 amide bonds. The van der Waals surface area contributed by atoms with Crippen molar-refractivity contribution in [3.63, 3.8) is 0 Å². The first-order chi connectivity index (χ1) is 11.6. The third kappa shape index (κ3) is 2.78. The van der Waals surface area contributed by atoms with Crippen molar-refractivity contribution in [2.45, 2.75) is 45.7 Å². The summed E-state index contributed by atoms with van der Waals surface area (Å²) in [6, 6.07) is 10.9. The van der Waals surface area contributed by atoms with Gasteiger partial charge in [-0.3, -0.25) is 0 Å². The average molecular weight is 358 g/mol. The maximum Gasteiger partial charge on any atom is 0.225 e. The van der Waals surface area contributed by atoms with E-state index < -0.39 is 0 Å². The molecule has 0 N–H and O–H groups in total. The van der Waals surface area contributed by atoms with Gasteiger partial charge in [-0.25, -0.2) is 4.98 Å². The molecular formula is C19H20ClN3S. The number of halogens is 1. The van der Waals surface area contributed by atoms with Crippen molar-refractivity contribution in [1.29, 1.82) is 0 Å². The van der Waals surface area contributed by atoms with Gasteiger partial charge in [-0.15, -0.1) is 11.3 Å². The van der Waals surface area contributed by atoms with Crippen molar-refractivity contribution >= 4 is 39.0 Å². The number of aryl methyl sites for hydroxylation is 2. The van der Waals surface area contributed by atoms with Gasteiger partial charge in [0.2, 0.25) is 5.28 Å². The molecule has 0 bridgehead atoms. The molecule has 0 aliphatic heterocycles. The van der Waals surface area contributed by atoms with E-state index in [1.165, 1.54) is 27.8 Å². The van der Waals surface area contributed by atoms with Gasteiger partial charge >= 0.3 is 0 Å². The van der Waals surface area contributed by atoms with Gasteiger partial charge in [-0.05, 0) is 55.8 Å². The first-order valence-electron chi connectivity index (χ1n) is 8.42. The summed E-state index contributed by atoms with van der Waals surface area (Å²) in [5, 5.41) is 1.57. The van der Waals surface area contributed by atoms with Crippen molar-refractivity contribution in [3.8, 4) is 0 Å². The molecule has 1 aliphatic carbocycles. The Kier molecular flexibility index (Phi) is 4.19. The lowest BCUT2D eigenvalue weighted by Gasteiger charge is -2.29. The first kappa shape index (κ1) is 15.9. The Hall–Kier alpha value is -1.65. The number of hydrogen-bond donors (Lipinski definition) is 0. The van der Waals surface area contributed by atoms with Crippen LogP contribution in [0.4, 0.5) is 5.82 Å². The Morgan fingerprint density at radius 3 is 2.71 bits per heavy atom. The normalized spacial score (nSPS) is 13.7. The lowest BCUT2D eigenvalue weighted by Crippen LogP contribution is -2.31. The number of hydrogen-bond acceptors (Lipinski definition) is 4. The van der Waals surface area contributed by atoms with Crippen LogP contribution in [0.15, 0.2) is 30.3 Å². The Morgan fingerprint density at radius 2 is 1.96 bits per heavy atom. The topological polar surface area (TPSA) is 29.0 Å². The Bertz CT molecular complexity index is 873. The predicted octanol–water partition coefficient (Wildman–Crippen LogP) is 5.25. The number of nitrogens with zero attached hydrogens (tertiary/aromatic N) is 3. The van der Waals surface area contributed by atoms with Gasteiger partial charge in [0, 0.05) is 17.5 Å². The molecule has 0 saturated heterocycles. The van der Waals surface area contributed by atoms with E-state index in [-0.39, 0.29) is 0 Å². The smallest absolute Gasteiger partial charge is 0.225 e. The maximum absolute atomic E-state index is 6.26. The summed E-state index contributed by atoms with van der Waals surface area (Å²) < 4.78 is 0. The van der Waals surface area contributed by atoms with E-state index in [2.05, 4.69) is 59.0 Å². The van der Waals surface area contributed by atoms with Gasteiger partial charge in [-0.1, -0.05) is 30.3 Å². The Morgan fingerprint density at radius 1 is 1.17 bits per heavy atom. The third-order valence-electron chi connectivity index (χ3n) is 4.61. The summed E-state index contributed by atoms with van der Waals surface area (Å²) in [5.74, 6) is 0.989. The van der Waals surface area contributed by atoms with Gasteiger partial charge in [0.05, 0.1) is 5.39 Å². The molecule has 3 nitrogen and oxygen atoms in total. The van der Waals surface area contributed by atoms with Crippen LogP contribution >= 0.6 is 22.9 Å². The van der Waals surface area contributed by atoms with Crippen LogP contribution in [-0.2, 0) is 19.4 Å². The van der Waals surface area contributed by atoms with Crippen molar-refractivity contribution in [2.75, 3.05) is 4.90 Å². The van der Waals surface area contributed by atoms with E-state index in [0.29, 0.717) is 11.3 Å². The lowest BCUT2D eigenvalue weighted by atomic mass is 10.1. The highest BCUT2D eigenvalue weighted by molar-refractivity contribution is 7.19. The minimum absolute atomic E-state index is 0.330. The van der Waals surface area contributed by atoms with Crippen molar-refractivity contribution < 1.29 is 0 Å². The summed E-state index contributed by atoms with van der Waals surface area (Å²) in [7, 11) is 0. The minimum Gasteiger partial charge on any atom is -0.349 e. The molecule has 124 valence electrons. The standard InChI is InChI=1S/C19H20ClN3S/c1-12(2)23(11-13-7-4-3-5-8-13)17-16-14-9-6-10-15(14)24-18(16)22-19(20)21-17/h3-5,7-8,12H,6,9-11H2,1-2H3. The summed E-state index contributed by atoms with van der Waals surface area (Å²) in [6.45, 7) is 5.24. The van der Waals surface area contributed by atoms with E-state index >= 15 is 0 Å². The molecule has 0 atom stereocenters. The lowest BCUT2D eigenvalue weighted by molar-refractivity contribution is 0.674. The molecule has 0 fully saturated rings. The summed E-state index contributed by atoms with van der Waals surface area (Å²) in [4.78, 5) is 14.0. The van der Waals surface area contributed by atoms with Crippen LogP contribution in [0.2, 0.25) is 5.28 Å². The molecule has 0 unspecified atom stereocenters. The second-order valence-corrected chi connectivity index (χ2v) is 7.98. The number of rotatable bonds is 4. The van der Waals surface area contributed by atoms with Gasteiger partial charge in [0.15, 0.2) is 0 Å². The molecule has 24 heavy (non-hydrogen) atoms. The third-order valence-corrected chi connectivity index (χ3v) is 5.96. The van der Waals surface area contributed by atoms with E-state index in [1.54, 1.807) is 11.3 Å². The highest BCUT2D eigenvalue weighted by atomic mass is 35.5. The Balaban J connectivity index is 1.86. The molecule has 1 aliphatic rings. The van der Waals surface area contributed by atoms with Crippen LogP contribution in [0.5, 0.6) is 0 Å². The molecule has 4 rings (SSSR count). The van der Waals surface area contributed by atoms with Gasteiger partial charge in [-0.2, -0.15) is 4.98 Å². The molecule has 0 saturated carbocycles. The van der Waals surface area contributed by atoms with E-state index in [0.717, 1.165) is 30.0 Å². The fourth-order valence-electron chi connectivity index (χ4n) is 3.44. The number of aromatic nitrogens is 2. The van der Waals surface area contributed by atoms with Crippen LogP contribution in [0, 0.1) is 0 Å². The fourth-order valence-corrected chi connectivity index (χ4v) is 4.91. The highest BCUT2D eigenvalue weighted by Gasteiger charge is 2.25. The highest BCUT2D eigenvalue weighted by Crippen LogP contribution is 2.41. The van der Waals surface area contributed by atoms with Gasteiger partial charge < -0.3 is 4.90 Å². The summed E-state index contributed by atoms with van der Waals surface area (Å²) >= 11 is 8.04. The molecule has 2 aromatic heterocycles.